The molecule has 6 nitrogen and oxygen atoms in total. The van der Waals surface area contributed by atoms with Crippen LogP contribution >= 0.6 is 0 Å². The Morgan fingerprint density at radius 3 is 2.60 bits per heavy atom. The van der Waals surface area contributed by atoms with E-state index >= 15 is 0 Å². The van der Waals surface area contributed by atoms with Crippen molar-refractivity contribution in [2.75, 3.05) is 32.2 Å². The summed E-state index contributed by atoms with van der Waals surface area (Å²) in [5, 5.41) is 4.03. The molecule has 4 rings (SSSR count). The van der Waals surface area contributed by atoms with Gasteiger partial charge < -0.3 is 19.5 Å². The number of anilines is 1. The summed E-state index contributed by atoms with van der Waals surface area (Å²) >= 11 is 0. The Labute approximate surface area is 176 Å². The van der Waals surface area contributed by atoms with Gasteiger partial charge in [-0.25, -0.2) is 0 Å². The maximum atomic E-state index is 13.6. The molecule has 1 aromatic heterocycles. The van der Waals surface area contributed by atoms with Crippen molar-refractivity contribution in [3.63, 3.8) is 0 Å². The average molecular weight is 406 g/mol. The summed E-state index contributed by atoms with van der Waals surface area (Å²) in [6.45, 7) is 3.59. The number of nitrogens with one attached hydrogen (secondary N) is 1. The predicted octanol–water partition coefficient (Wildman–Crippen LogP) is 4.33. The van der Waals surface area contributed by atoms with Gasteiger partial charge in [-0.05, 0) is 61.7 Å². The molecule has 3 aromatic rings. The molecule has 0 spiro atoms. The van der Waals surface area contributed by atoms with E-state index in [-0.39, 0.29) is 5.91 Å². The number of methoxy groups -OCH3 is 1. The zero-order valence-electron chi connectivity index (χ0n) is 17.3. The van der Waals surface area contributed by atoms with Gasteiger partial charge in [0, 0.05) is 24.8 Å². The molecule has 156 valence electrons. The molecule has 0 atom stereocenters. The lowest BCUT2D eigenvalue weighted by molar-refractivity contribution is -0.125. The van der Waals surface area contributed by atoms with Crippen LogP contribution in [0.3, 0.4) is 0 Å². The first-order valence-electron chi connectivity index (χ1n) is 10.2. The van der Waals surface area contributed by atoms with Crippen LogP contribution in [0.25, 0.3) is 10.9 Å². The van der Waals surface area contributed by atoms with Crippen LogP contribution in [0, 0.1) is 0 Å². The minimum Gasteiger partial charge on any atom is -0.497 e. The fraction of sp³-hybridized carbons (Fsp3) is 0.333. The molecular formula is C24H26N2O4. The molecule has 1 aliphatic heterocycles. The molecular weight excluding hydrogens is 380 g/mol. The highest BCUT2D eigenvalue weighted by Gasteiger charge is 2.42. The quantitative estimate of drug-likeness (QED) is 0.660. The molecule has 2 aromatic carbocycles. The molecule has 1 fully saturated rings. The van der Waals surface area contributed by atoms with Crippen LogP contribution in [-0.4, -0.2) is 37.8 Å². The molecule has 1 aliphatic rings. The Hall–Kier alpha value is -3.12. The topological polar surface area (TPSA) is 69.7 Å². The molecule has 0 unspecified atom stereocenters. The van der Waals surface area contributed by atoms with Crippen molar-refractivity contribution in [1.82, 2.24) is 4.98 Å². The maximum Gasteiger partial charge on any atom is 0.235 e. The lowest BCUT2D eigenvalue weighted by Gasteiger charge is -2.36. The minimum atomic E-state index is -0.655. The number of pyridine rings is 1. The normalized spacial score (nSPS) is 15.5. The van der Waals surface area contributed by atoms with Crippen molar-refractivity contribution in [2.24, 2.45) is 0 Å². The number of rotatable bonds is 6. The first kappa shape index (κ1) is 20.2. The van der Waals surface area contributed by atoms with E-state index in [4.69, 9.17) is 14.2 Å². The number of hydrogen-bond donors (Lipinski definition) is 1. The number of carbonyl (C=O) groups excluding carboxylic acids is 1. The number of ether oxygens (including phenoxy) is 3. The van der Waals surface area contributed by atoms with E-state index in [9.17, 15) is 4.79 Å². The van der Waals surface area contributed by atoms with E-state index in [1.165, 1.54) is 0 Å². The zero-order valence-corrected chi connectivity index (χ0v) is 17.3. The lowest BCUT2D eigenvalue weighted by Crippen LogP contribution is -2.44. The Morgan fingerprint density at radius 2 is 1.90 bits per heavy atom. The van der Waals surface area contributed by atoms with Crippen LogP contribution in [0.1, 0.15) is 25.3 Å². The number of amides is 1. The molecule has 0 aliphatic carbocycles. The first-order valence-corrected chi connectivity index (χ1v) is 10.2. The number of hydrogen-bond acceptors (Lipinski definition) is 5. The highest BCUT2D eigenvalue weighted by molar-refractivity contribution is 6.06. The van der Waals surface area contributed by atoms with Crippen LogP contribution in [0.5, 0.6) is 11.5 Å². The third-order valence-electron chi connectivity index (χ3n) is 5.70. The summed E-state index contributed by atoms with van der Waals surface area (Å²) < 4.78 is 16.6. The largest absolute Gasteiger partial charge is 0.497 e. The third-order valence-corrected chi connectivity index (χ3v) is 5.70. The number of aromatic nitrogens is 1. The molecule has 30 heavy (non-hydrogen) atoms. The van der Waals surface area contributed by atoms with Gasteiger partial charge in [-0.15, -0.1) is 0 Å². The zero-order chi connectivity index (χ0) is 21.0. The predicted molar refractivity (Wildman–Crippen MR) is 116 cm³/mol. The van der Waals surface area contributed by atoms with Gasteiger partial charge in [0.15, 0.2) is 0 Å². The SMILES string of the molecule is CCOc1ccc(NC(=O)C2(c3ccc(OC)cc3)CCOCC2)c2cccnc12. The fourth-order valence-corrected chi connectivity index (χ4v) is 4.05. The number of fused-ring (bicyclic) bond motifs is 1. The third kappa shape index (κ3) is 3.71. The van der Waals surface area contributed by atoms with E-state index in [0.29, 0.717) is 38.4 Å². The Kier molecular flexibility index (Phi) is 5.86. The van der Waals surface area contributed by atoms with E-state index in [1.54, 1.807) is 13.3 Å². The van der Waals surface area contributed by atoms with Gasteiger partial charge in [-0.2, -0.15) is 0 Å². The van der Waals surface area contributed by atoms with Crippen molar-refractivity contribution >= 4 is 22.5 Å². The number of carbonyl (C=O) groups is 1. The van der Waals surface area contributed by atoms with Crippen molar-refractivity contribution in [1.29, 1.82) is 0 Å². The van der Waals surface area contributed by atoms with Gasteiger partial charge in [0.25, 0.3) is 0 Å². The molecule has 1 saturated heterocycles. The van der Waals surface area contributed by atoms with Gasteiger partial charge in [0.1, 0.15) is 17.0 Å². The van der Waals surface area contributed by atoms with Gasteiger partial charge >= 0.3 is 0 Å². The second kappa shape index (κ2) is 8.71. The molecule has 0 radical (unpaired) electrons. The summed E-state index contributed by atoms with van der Waals surface area (Å²) in [6.07, 6.45) is 2.98. The van der Waals surface area contributed by atoms with Crippen molar-refractivity contribution < 1.29 is 19.0 Å². The molecule has 0 saturated carbocycles. The second-order valence-corrected chi connectivity index (χ2v) is 7.32. The lowest BCUT2D eigenvalue weighted by atomic mass is 9.73. The first-order chi connectivity index (χ1) is 14.7. The maximum absolute atomic E-state index is 13.6. The second-order valence-electron chi connectivity index (χ2n) is 7.32. The van der Waals surface area contributed by atoms with Crippen molar-refractivity contribution in [3.05, 3.63) is 60.3 Å². The van der Waals surface area contributed by atoms with Gasteiger partial charge in [0.05, 0.1) is 24.8 Å². The Bertz CT molecular complexity index is 1030. The summed E-state index contributed by atoms with van der Waals surface area (Å²) in [5.41, 5.74) is 1.78. The minimum absolute atomic E-state index is 0.0368. The fourth-order valence-electron chi connectivity index (χ4n) is 4.05. The molecule has 2 heterocycles. The highest BCUT2D eigenvalue weighted by atomic mass is 16.5. The smallest absolute Gasteiger partial charge is 0.235 e. The molecule has 1 N–H and O–H groups in total. The monoisotopic (exact) mass is 406 g/mol. The van der Waals surface area contributed by atoms with Crippen molar-refractivity contribution in [3.8, 4) is 11.5 Å². The van der Waals surface area contributed by atoms with Crippen molar-refractivity contribution in [2.45, 2.75) is 25.2 Å². The van der Waals surface area contributed by atoms with E-state index in [2.05, 4.69) is 10.3 Å². The van der Waals surface area contributed by atoms with Gasteiger partial charge in [-0.3, -0.25) is 9.78 Å². The van der Waals surface area contributed by atoms with E-state index in [1.807, 2.05) is 55.5 Å². The molecule has 6 heteroatoms. The molecule has 1 amide bonds. The molecule has 0 bridgehead atoms. The number of nitrogens with zero attached hydrogens (tertiary/aromatic N) is 1. The van der Waals surface area contributed by atoms with Crippen LogP contribution < -0.4 is 14.8 Å². The Morgan fingerprint density at radius 1 is 1.13 bits per heavy atom. The van der Waals surface area contributed by atoms with Crippen LogP contribution in [0.4, 0.5) is 5.69 Å². The number of benzene rings is 2. The van der Waals surface area contributed by atoms with Gasteiger partial charge in [-0.1, -0.05) is 12.1 Å². The van der Waals surface area contributed by atoms with E-state index < -0.39 is 5.41 Å². The van der Waals surface area contributed by atoms with Gasteiger partial charge in [0.2, 0.25) is 5.91 Å². The van der Waals surface area contributed by atoms with Crippen LogP contribution in [0.2, 0.25) is 0 Å². The summed E-state index contributed by atoms with van der Waals surface area (Å²) in [7, 11) is 1.64. The van der Waals surface area contributed by atoms with E-state index in [0.717, 1.165) is 27.9 Å². The summed E-state index contributed by atoms with van der Waals surface area (Å²) in [6, 6.07) is 15.3. The van der Waals surface area contributed by atoms with Crippen LogP contribution in [0.15, 0.2) is 54.7 Å². The summed E-state index contributed by atoms with van der Waals surface area (Å²) in [4.78, 5) is 18.1. The summed E-state index contributed by atoms with van der Waals surface area (Å²) in [5.74, 6) is 1.44. The highest BCUT2D eigenvalue weighted by Crippen LogP contribution is 2.38. The average Bonchev–Trinajstić information content (AvgIpc) is 2.81. The Balaban J connectivity index is 1.70. The van der Waals surface area contributed by atoms with Crippen LogP contribution in [-0.2, 0) is 14.9 Å². The standard InChI is InChI=1S/C24H26N2O4/c1-3-30-21-11-10-20(19-5-4-14-25-22(19)21)26-23(27)24(12-15-29-16-13-24)17-6-8-18(28-2)9-7-17/h4-11,14H,3,12-13,15-16H2,1-2H3,(H,26,27).